The molecule has 1 atom stereocenters. The molecular weight excluding hydrogens is 385 g/mol. The van der Waals surface area contributed by atoms with Gasteiger partial charge in [-0.1, -0.05) is 18.2 Å². The maximum Gasteiger partial charge on any atom is 0.417 e. The number of aryl methyl sites for hydroxylation is 1. The molecule has 2 aromatic carbocycles. The number of hydrogen-bond donors (Lipinski definition) is 2. The molecule has 8 heteroatoms. The summed E-state index contributed by atoms with van der Waals surface area (Å²) in [5, 5.41) is 12.3. The molecule has 0 spiro atoms. The summed E-state index contributed by atoms with van der Waals surface area (Å²) in [6.07, 6.45) is -3.90. The molecule has 0 bridgehead atoms. The molecule has 5 nitrogen and oxygen atoms in total. The lowest BCUT2D eigenvalue weighted by Gasteiger charge is -2.30. The number of carbonyl (C=O) groups is 2. The van der Waals surface area contributed by atoms with Crippen LogP contribution in [0.3, 0.4) is 0 Å². The molecule has 0 radical (unpaired) electrons. The molecule has 2 amide bonds. The minimum atomic E-state index is -4.66. The van der Waals surface area contributed by atoms with E-state index in [1.807, 2.05) is 0 Å². The van der Waals surface area contributed by atoms with Crippen LogP contribution in [0.1, 0.15) is 44.7 Å². The third-order valence-corrected chi connectivity index (χ3v) is 4.89. The average molecular weight is 406 g/mol. The Morgan fingerprint density at radius 3 is 2.59 bits per heavy atom. The molecule has 2 N–H and O–H groups in total. The van der Waals surface area contributed by atoms with Crippen molar-refractivity contribution in [3.63, 3.8) is 0 Å². The van der Waals surface area contributed by atoms with Crippen molar-refractivity contribution in [2.45, 2.75) is 32.0 Å². The number of halogens is 3. The van der Waals surface area contributed by atoms with Crippen LogP contribution in [0.4, 0.5) is 18.9 Å². The Kier molecular flexibility index (Phi) is 5.93. The first-order valence-corrected chi connectivity index (χ1v) is 9.22. The SMILES string of the molecule is Cc1ccc(C(=O)N2CCCC(O)C2)cc1NC(=O)c1ccccc1C(F)(F)F. The van der Waals surface area contributed by atoms with Crippen molar-refractivity contribution in [1.82, 2.24) is 4.90 Å². The number of aliphatic hydroxyl groups excluding tert-OH is 1. The van der Waals surface area contributed by atoms with Crippen LogP contribution in [-0.4, -0.2) is 41.0 Å². The molecular formula is C21H21F3N2O3. The molecule has 0 saturated carbocycles. The summed E-state index contributed by atoms with van der Waals surface area (Å²) in [5.41, 5.74) is -0.350. The van der Waals surface area contributed by atoms with E-state index in [4.69, 9.17) is 0 Å². The van der Waals surface area contributed by atoms with Crippen molar-refractivity contribution in [3.05, 3.63) is 64.7 Å². The summed E-state index contributed by atoms with van der Waals surface area (Å²) in [7, 11) is 0. The lowest BCUT2D eigenvalue weighted by atomic mass is 10.0. The van der Waals surface area contributed by atoms with Crippen molar-refractivity contribution in [1.29, 1.82) is 0 Å². The van der Waals surface area contributed by atoms with Gasteiger partial charge < -0.3 is 15.3 Å². The van der Waals surface area contributed by atoms with E-state index in [0.29, 0.717) is 30.5 Å². The molecule has 1 aliphatic heterocycles. The Morgan fingerprint density at radius 1 is 1.17 bits per heavy atom. The Balaban J connectivity index is 1.84. The van der Waals surface area contributed by atoms with Crippen LogP contribution < -0.4 is 5.32 Å². The van der Waals surface area contributed by atoms with E-state index < -0.39 is 29.3 Å². The quantitative estimate of drug-likeness (QED) is 0.813. The summed E-state index contributed by atoms with van der Waals surface area (Å²) >= 11 is 0. The summed E-state index contributed by atoms with van der Waals surface area (Å²) in [5.74, 6) is -1.20. The molecule has 2 aromatic rings. The smallest absolute Gasteiger partial charge is 0.391 e. The van der Waals surface area contributed by atoms with Crippen LogP contribution in [0.2, 0.25) is 0 Å². The first kappa shape index (κ1) is 20.9. The van der Waals surface area contributed by atoms with Crippen molar-refractivity contribution in [2.75, 3.05) is 18.4 Å². The van der Waals surface area contributed by atoms with Gasteiger partial charge in [0.1, 0.15) is 0 Å². The minimum Gasteiger partial charge on any atom is -0.391 e. The number of rotatable bonds is 3. The lowest BCUT2D eigenvalue weighted by molar-refractivity contribution is -0.137. The first-order valence-electron chi connectivity index (χ1n) is 9.22. The van der Waals surface area contributed by atoms with Gasteiger partial charge in [0.05, 0.1) is 17.2 Å². The molecule has 29 heavy (non-hydrogen) atoms. The number of piperidine rings is 1. The van der Waals surface area contributed by atoms with E-state index in [1.165, 1.54) is 23.1 Å². The fourth-order valence-corrected chi connectivity index (χ4v) is 3.33. The molecule has 1 unspecified atom stereocenters. The predicted molar refractivity (Wildman–Crippen MR) is 102 cm³/mol. The molecule has 1 heterocycles. The number of nitrogens with zero attached hydrogens (tertiary/aromatic N) is 1. The number of carbonyl (C=O) groups excluding carboxylic acids is 2. The molecule has 154 valence electrons. The van der Waals surface area contributed by atoms with Crippen LogP contribution in [0.15, 0.2) is 42.5 Å². The molecule has 0 aromatic heterocycles. The molecule has 3 rings (SSSR count). The fraction of sp³-hybridized carbons (Fsp3) is 0.333. The average Bonchev–Trinajstić information content (AvgIpc) is 2.68. The van der Waals surface area contributed by atoms with Gasteiger partial charge in [-0.05, 0) is 49.6 Å². The Labute approximate surface area is 166 Å². The van der Waals surface area contributed by atoms with E-state index >= 15 is 0 Å². The molecule has 1 saturated heterocycles. The second-order valence-electron chi connectivity index (χ2n) is 7.07. The Morgan fingerprint density at radius 2 is 1.90 bits per heavy atom. The highest BCUT2D eigenvalue weighted by Gasteiger charge is 2.35. The predicted octanol–water partition coefficient (Wildman–Crippen LogP) is 3.86. The maximum atomic E-state index is 13.2. The van der Waals surface area contributed by atoms with Gasteiger partial charge in [0, 0.05) is 24.3 Å². The molecule has 1 aliphatic rings. The van der Waals surface area contributed by atoms with Gasteiger partial charge in [-0.25, -0.2) is 0 Å². The highest BCUT2D eigenvalue weighted by atomic mass is 19.4. The van der Waals surface area contributed by atoms with E-state index in [2.05, 4.69) is 5.32 Å². The van der Waals surface area contributed by atoms with Crippen LogP contribution in [0.5, 0.6) is 0 Å². The van der Waals surface area contributed by atoms with Gasteiger partial charge in [-0.3, -0.25) is 9.59 Å². The van der Waals surface area contributed by atoms with E-state index in [9.17, 15) is 27.9 Å². The normalized spacial score (nSPS) is 17.1. The molecule has 1 fully saturated rings. The number of β-amino-alcohol motifs (C(OH)–C–C–N with tert-alkyl or cyclic N) is 1. The van der Waals surface area contributed by atoms with Crippen molar-refractivity contribution in [3.8, 4) is 0 Å². The highest BCUT2D eigenvalue weighted by Crippen LogP contribution is 2.32. The van der Waals surface area contributed by atoms with Crippen molar-refractivity contribution < 1.29 is 27.9 Å². The third-order valence-electron chi connectivity index (χ3n) is 4.89. The summed E-state index contributed by atoms with van der Waals surface area (Å²) in [6, 6.07) is 9.21. The standard InChI is InChI=1S/C21H21F3N2O3/c1-13-8-9-14(20(29)26-10-4-5-15(27)12-26)11-18(13)25-19(28)16-6-2-3-7-17(16)21(22,23)24/h2-3,6-9,11,15,27H,4-5,10,12H2,1H3,(H,25,28). The third kappa shape index (κ3) is 4.76. The summed E-state index contributed by atoms with van der Waals surface area (Å²) in [4.78, 5) is 26.8. The van der Waals surface area contributed by atoms with E-state index in [-0.39, 0.29) is 18.1 Å². The number of benzene rings is 2. The maximum absolute atomic E-state index is 13.2. The summed E-state index contributed by atoms with van der Waals surface area (Å²) in [6.45, 7) is 2.43. The van der Waals surface area contributed by atoms with Crippen LogP contribution in [0, 0.1) is 6.92 Å². The number of alkyl halides is 3. The van der Waals surface area contributed by atoms with Gasteiger partial charge in [0.15, 0.2) is 0 Å². The van der Waals surface area contributed by atoms with Crippen LogP contribution in [0.25, 0.3) is 0 Å². The second kappa shape index (κ2) is 8.24. The van der Waals surface area contributed by atoms with Crippen molar-refractivity contribution in [2.24, 2.45) is 0 Å². The van der Waals surface area contributed by atoms with Gasteiger partial charge in [0.2, 0.25) is 0 Å². The van der Waals surface area contributed by atoms with Crippen LogP contribution in [-0.2, 0) is 6.18 Å². The Hall–Kier alpha value is -2.87. The zero-order valence-corrected chi connectivity index (χ0v) is 15.8. The Bertz CT molecular complexity index is 928. The summed E-state index contributed by atoms with van der Waals surface area (Å²) < 4.78 is 39.6. The lowest BCUT2D eigenvalue weighted by Crippen LogP contribution is -2.42. The topological polar surface area (TPSA) is 69.6 Å². The fourth-order valence-electron chi connectivity index (χ4n) is 3.33. The van der Waals surface area contributed by atoms with Gasteiger partial charge in [-0.15, -0.1) is 0 Å². The highest BCUT2D eigenvalue weighted by molar-refractivity contribution is 6.06. The largest absolute Gasteiger partial charge is 0.417 e. The minimum absolute atomic E-state index is 0.230. The van der Waals surface area contributed by atoms with Gasteiger partial charge in [-0.2, -0.15) is 13.2 Å². The van der Waals surface area contributed by atoms with Gasteiger partial charge in [0.25, 0.3) is 11.8 Å². The van der Waals surface area contributed by atoms with E-state index in [1.54, 1.807) is 19.1 Å². The number of amides is 2. The van der Waals surface area contributed by atoms with Gasteiger partial charge >= 0.3 is 6.18 Å². The van der Waals surface area contributed by atoms with Crippen molar-refractivity contribution >= 4 is 17.5 Å². The van der Waals surface area contributed by atoms with Crippen LogP contribution >= 0.6 is 0 Å². The number of likely N-dealkylation sites (tertiary alicyclic amines) is 1. The number of nitrogens with one attached hydrogen (secondary N) is 1. The first-order chi connectivity index (χ1) is 13.7. The zero-order valence-electron chi connectivity index (χ0n) is 15.8. The number of aliphatic hydroxyl groups is 1. The zero-order chi connectivity index (χ0) is 21.2. The monoisotopic (exact) mass is 406 g/mol. The number of hydrogen-bond acceptors (Lipinski definition) is 3. The second-order valence-corrected chi connectivity index (χ2v) is 7.07. The number of anilines is 1. The van der Waals surface area contributed by atoms with E-state index in [0.717, 1.165) is 12.1 Å². The molecule has 0 aliphatic carbocycles.